The lowest BCUT2D eigenvalue weighted by molar-refractivity contribution is -0.121. The van der Waals surface area contributed by atoms with E-state index in [0.29, 0.717) is 36.5 Å². The highest BCUT2D eigenvalue weighted by Crippen LogP contribution is 2.29. The Morgan fingerprint density at radius 3 is 2.38 bits per heavy atom. The molecule has 2 heterocycles. The Balaban J connectivity index is 1.38. The number of benzene rings is 2. The molecule has 2 amide bonds. The third-order valence-electron chi connectivity index (χ3n) is 6.21. The molecule has 0 saturated carbocycles. The van der Waals surface area contributed by atoms with E-state index in [1.807, 2.05) is 6.92 Å². The minimum absolute atomic E-state index is 0.0638. The van der Waals surface area contributed by atoms with Crippen molar-refractivity contribution in [3.05, 3.63) is 53.1 Å². The molecule has 32 heavy (non-hydrogen) atoms. The molecule has 0 radical (unpaired) electrons. The maximum absolute atomic E-state index is 13.1. The Morgan fingerprint density at radius 2 is 1.75 bits per heavy atom. The second-order valence-corrected chi connectivity index (χ2v) is 10.6. The van der Waals surface area contributed by atoms with Crippen molar-refractivity contribution >= 4 is 44.8 Å². The molecule has 2 aliphatic heterocycles. The molecule has 170 valence electrons. The van der Waals surface area contributed by atoms with Crippen molar-refractivity contribution in [3.63, 3.8) is 0 Å². The molecule has 0 aliphatic carbocycles. The molecule has 0 aromatic heterocycles. The summed E-state index contributed by atoms with van der Waals surface area (Å²) < 4.78 is 27.6. The molecule has 2 aromatic rings. The fraction of sp³-hybridized carbons (Fsp3) is 0.391. The van der Waals surface area contributed by atoms with Gasteiger partial charge in [-0.2, -0.15) is 4.31 Å². The first-order valence-corrected chi connectivity index (χ1v) is 12.6. The summed E-state index contributed by atoms with van der Waals surface area (Å²) in [4.78, 5) is 26.5. The highest BCUT2D eigenvalue weighted by molar-refractivity contribution is 7.89. The van der Waals surface area contributed by atoms with E-state index in [2.05, 4.69) is 5.32 Å². The summed E-state index contributed by atoms with van der Waals surface area (Å²) in [5.41, 5.74) is 2.20. The number of amides is 2. The summed E-state index contributed by atoms with van der Waals surface area (Å²) in [7, 11) is -3.66. The molecule has 0 unspecified atom stereocenters. The lowest BCUT2D eigenvalue weighted by Gasteiger charge is -2.30. The van der Waals surface area contributed by atoms with Gasteiger partial charge in [0, 0.05) is 48.4 Å². The number of rotatable bonds is 5. The van der Waals surface area contributed by atoms with E-state index in [4.69, 9.17) is 11.6 Å². The molecule has 2 aliphatic rings. The first-order chi connectivity index (χ1) is 15.3. The lowest BCUT2D eigenvalue weighted by Crippen LogP contribution is -2.41. The number of halogens is 1. The minimum Gasteiger partial charge on any atom is -0.326 e. The highest BCUT2D eigenvalue weighted by atomic mass is 35.5. The van der Waals surface area contributed by atoms with Gasteiger partial charge >= 0.3 is 0 Å². The van der Waals surface area contributed by atoms with E-state index in [0.717, 1.165) is 17.7 Å². The Labute approximate surface area is 193 Å². The lowest BCUT2D eigenvalue weighted by atomic mass is 9.97. The van der Waals surface area contributed by atoms with Crippen LogP contribution in [0.25, 0.3) is 0 Å². The molecular formula is C23H26ClN3O4S. The second kappa shape index (κ2) is 9.21. The number of piperidine rings is 1. The van der Waals surface area contributed by atoms with E-state index in [1.54, 1.807) is 47.4 Å². The molecule has 2 saturated heterocycles. The highest BCUT2D eigenvalue weighted by Gasteiger charge is 2.32. The van der Waals surface area contributed by atoms with Gasteiger partial charge in [0.05, 0.1) is 4.90 Å². The molecule has 9 heteroatoms. The monoisotopic (exact) mass is 475 g/mol. The molecule has 4 rings (SSSR count). The summed E-state index contributed by atoms with van der Waals surface area (Å²) in [5, 5.41) is 3.51. The molecule has 0 spiro atoms. The van der Waals surface area contributed by atoms with Crippen molar-refractivity contribution in [2.75, 3.05) is 29.9 Å². The van der Waals surface area contributed by atoms with Crippen LogP contribution in [0.2, 0.25) is 5.02 Å². The van der Waals surface area contributed by atoms with Crippen molar-refractivity contribution in [1.82, 2.24) is 4.31 Å². The molecule has 7 nitrogen and oxygen atoms in total. The Hall–Kier alpha value is -2.42. The van der Waals surface area contributed by atoms with Crippen LogP contribution in [-0.2, 0) is 19.6 Å². The summed E-state index contributed by atoms with van der Waals surface area (Å²) in [6, 6.07) is 11.8. The van der Waals surface area contributed by atoms with Gasteiger partial charge in [-0.25, -0.2) is 8.42 Å². The molecule has 0 atom stereocenters. The Bertz CT molecular complexity index is 1130. The zero-order valence-electron chi connectivity index (χ0n) is 17.9. The van der Waals surface area contributed by atoms with Gasteiger partial charge in [0.25, 0.3) is 0 Å². The SMILES string of the molecule is Cc1c(Cl)cccc1NC(=O)C1CCN(S(=O)(=O)c2ccc(N3CCCC3=O)cc2)CC1. The number of carbonyl (C=O) groups is 2. The maximum atomic E-state index is 13.1. The number of anilines is 2. The number of nitrogens with one attached hydrogen (secondary N) is 1. The standard InChI is InChI=1S/C23H26ClN3O4S/c1-16-20(24)4-2-5-21(16)25-23(29)17-11-14-26(15-12-17)32(30,31)19-9-7-18(8-10-19)27-13-3-6-22(27)28/h2,4-5,7-10,17H,3,6,11-15H2,1H3,(H,25,29). The number of hydrogen-bond acceptors (Lipinski definition) is 4. The zero-order chi connectivity index (χ0) is 22.9. The average Bonchev–Trinajstić information content (AvgIpc) is 3.23. The van der Waals surface area contributed by atoms with Crippen molar-refractivity contribution in [3.8, 4) is 0 Å². The minimum atomic E-state index is -3.66. The summed E-state index contributed by atoms with van der Waals surface area (Å²) in [6.07, 6.45) is 2.24. The van der Waals surface area contributed by atoms with Gasteiger partial charge in [-0.15, -0.1) is 0 Å². The Kier molecular flexibility index (Phi) is 6.55. The van der Waals surface area contributed by atoms with Crippen molar-refractivity contribution in [1.29, 1.82) is 0 Å². The van der Waals surface area contributed by atoms with Crippen LogP contribution in [0.4, 0.5) is 11.4 Å². The fourth-order valence-corrected chi connectivity index (χ4v) is 5.85. The van der Waals surface area contributed by atoms with Gasteiger partial charge in [0.15, 0.2) is 0 Å². The van der Waals surface area contributed by atoms with Crippen LogP contribution in [0.1, 0.15) is 31.2 Å². The average molecular weight is 476 g/mol. The summed E-state index contributed by atoms with van der Waals surface area (Å²) in [5.74, 6) is -0.315. The predicted octanol–water partition coefficient (Wildman–Crippen LogP) is 3.81. The van der Waals surface area contributed by atoms with E-state index in [-0.39, 0.29) is 35.7 Å². The van der Waals surface area contributed by atoms with Crippen LogP contribution >= 0.6 is 11.6 Å². The van der Waals surface area contributed by atoms with Gasteiger partial charge in [0.2, 0.25) is 21.8 Å². The van der Waals surface area contributed by atoms with Crippen LogP contribution in [0.3, 0.4) is 0 Å². The van der Waals surface area contributed by atoms with Gasteiger partial charge < -0.3 is 10.2 Å². The molecule has 2 fully saturated rings. The number of hydrogen-bond donors (Lipinski definition) is 1. The predicted molar refractivity (Wildman–Crippen MR) is 124 cm³/mol. The quantitative estimate of drug-likeness (QED) is 0.712. The largest absolute Gasteiger partial charge is 0.326 e. The van der Waals surface area contributed by atoms with E-state index in [9.17, 15) is 18.0 Å². The maximum Gasteiger partial charge on any atom is 0.243 e. The number of sulfonamides is 1. The van der Waals surface area contributed by atoms with E-state index >= 15 is 0 Å². The van der Waals surface area contributed by atoms with Crippen LogP contribution in [0.5, 0.6) is 0 Å². The topological polar surface area (TPSA) is 86.8 Å². The van der Waals surface area contributed by atoms with Crippen molar-refractivity contribution < 1.29 is 18.0 Å². The molecule has 0 bridgehead atoms. The molecular weight excluding hydrogens is 450 g/mol. The van der Waals surface area contributed by atoms with Crippen molar-refractivity contribution in [2.24, 2.45) is 5.92 Å². The second-order valence-electron chi connectivity index (χ2n) is 8.22. The van der Waals surface area contributed by atoms with Gasteiger partial charge in [-0.1, -0.05) is 17.7 Å². The number of nitrogens with zero attached hydrogens (tertiary/aromatic N) is 2. The van der Waals surface area contributed by atoms with Crippen LogP contribution in [-0.4, -0.2) is 44.2 Å². The smallest absolute Gasteiger partial charge is 0.243 e. The summed E-state index contributed by atoms with van der Waals surface area (Å²) in [6.45, 7) is 3.07. The van der Waals surface area contributed by atoms with Crippen LogP contribution in [0, 0.1) is 12.8 Å². The summed E-state index contributed by atoms with van der Waals surface area (Å²) >= 11 is 6.12. The molecule has 1 N–H and O–H groups in total. The van der Waals surface area contributed by atoms with Crippen LogP contribution < -0.4 is 10.2 Å². The van der Waals surface area contributed by atoms with Gasteiger partial charge in [-0.3, -0.25) is 9.59 Å². The first kappa shape index (κ1) is 22.8. The third kappa shape index (κ3) is 4.53. The van der Waals surface area contributed by atoms with Crippen molar-refractivity contribution in [2.45, 2.75) is 37.5 Å². The van der Waals surface area contributed by atoms with Gasteiger partial charge in [0.1, 0.15) is 0 Å². The zero-order valence-corrected chi connectivity index (χ0v) is 19.5. The van der Waals surface area contributed by atoms with E-state index < -0.39 is 10.0 Å². The molecule has 2 aromatic carbocycles. The fourth-order valence-electron chi connectivity index (χ4n) is 4.20. The number of carbonyl (C=O) groups excluding carboxylic acids is 2. The van der Waals surface area contributed by atoms with Gasteiger partial charge in [-0.05, 0) is 68.1 Å². The van der Waals surface area contributed by atoms with Crippen LogP contribution in [0.15, 0.2) is 47.4 Å². The third-order valence-corrected chi connectivity index (χ3v) is 8.53. The first-order valence-electron chi connectivity index (χ1n) is 10.7. The Morgan fingerprint density at radius 1 is 1.06 bits per heavy atom. The van der Waals surface area contributed by atoms with E-state index in [1.165, 1.54) is 4.31 Å². The normalized spacial score (nSPS) is 18.2.